The second-order valence-corrected chi connectivity index (χ2v) is 6.04. The quantitative estimate of drug-likeness (QED) is 0.893. The molecule has 1 amide bonds. The van der Waals surface area contributed by atoms with Crippen molar-refractivity contribution in [3.63, 3.8) is 0 Å². The third-order valence-electron chi connectivity index (χ3n) is 3.84. The van der Waals surface area contributed by atoms with E-state index in [1.807, 2.05) is 24.3 Å². The van der Waals surface area contributed by atoms with E-state index in [4.69, 9.17) is 5.11 Å². The third kappa shape index (κ3) is 4.05. The van der Waals surface area contributed by atoms with Gasteiger partial charge in [-0.3, -0.25) is 4.79 Å². The van der Waals surface area contributed by atoms with E-state index < -0.39 is 0 Å². The summed E-state index contributed by atoms with van der Waals surface area (Å²) in [6, 6.07) is 7.76. The number of amides is 1. The normalized spacial score (nSPS) is 23.1. The number of aliphatic hydroxyl groups is 1. The number of aliphatic hydroxyl groups excluding tert-OH is 1. The van der Waals surface area contributed by atoms with Crippen molar-refractivity contribution >= 4 is 21.8 Å². The van der Waals surface area contributed by atoms with Crippen molar-refractivity contribution in [2.45, 2.75) is 38.1 Å². The van der Waals surface area contributed by atoms with E-state index in [0.29, 0.717) is 11.5 Å². The Hall–Kier alpha value is -0.870. The minimum atomic E-state index is -0.00177. The van der Waals surface area contributed by atoms with Gasteiger partial charge in [-0.15, -0.1) is 0 Å². The SMILES string of the molecule is O=C(NC1CCC(CCO)CC1)c1ccccc1Br. The van der Waals surface area contributed by atoms with Crippen LogP contribution in [0.5, 0.6) is 0 Å². The summed E-state index contributed by atoms with van der Waals surface area (Å²) in [6.45, 7) is 0.276. The van der Waals surface area contributed by atoms with E-state index >= 15 is 0 Å². The van der Waals surface area contributed by atoms with Gasteiger partial charge in [-0.25, -0.2) is 0 Å². The van der Waals surface area contributed by atoms with Gasteiger partial charge in [0.1, 0.15) is 0 Å². The highest BCUT2D eigenvalue weighted by Crippen LogP contribution is 2.27. The molecule has 1 fully saturated rings. The van der Waals surface area contributed by atoms with Gasteiger partial charge in [-0.1, -0.05) is 12.1 Å². The lowest BCUT2D eigenvalue weighted by Gasteiger charge is -2.28. The first kappa shape index (κ1) is 14.5. The standard InChI is InChI=1S/C15H20BrNO2/c16-14-4-2-1-3-13(14)15(19)17-12-7-5-11(6-8-12)9-10-18/h1-4,11-12,18H,5-10H2,(H,17,19). The lowest BCUT2D eigenvalue weighted by molar-refractivity contribution is 0.0918. The van der Waals surface area contributed by atoms with Crippen LogP contribution < -0.4 is 5.32 Å². The number of carbonyl (C=O) groups excluding carboxylic acids is 1. The summed E-state index contributed by atoms with van der Waals surface area (Å²) in [5, 5.41) is 12.0. The van der Waals surface area contributed by atoms with Gasteiger partial charge >= 0.3 is 0 Å². The van der Waals surface area contributed by atoms with Gasteiger partial charge in [-0.2, -0.15) is 0 Å². The van der Waals surface area contributed by atoms with E-state index in [9.17, 15) is 4.79 Å². The maximum Gasteiger partial charge on any atom is 0.252 e. The van der Waals surface area contributed by atoms with Crippen molar-refractivity contribution in [1.29, 1.82) is 0 Å². The van der Waals surface area contributed by atoms with Crippen molar-refractivity contribution in [2.24, 2.45) is 5.92 Å². The molecule has 0 saturated heterocycles. The molecule has 1 aliphatic carbocycles. The van der Waals surface area contributed by atoms with Crippen LogP contribution in [0.2, 0.25) is 0 Å². The van der Waals surface area contributed by atoms with Crippen LogP contribution in [0, 0.1) is 5.92 Å². The number of hydrogen-bond donors (Lipinski definition) is 2. The molecule has 2 rings (SSSR count). The van der Waals surface area contributed by atoms with Gasteiger partial charge in [0.15, 0.2) is 0 Å². The van der Waals surface area contributed by atoms with E-state index in [1.165, 1.54) is 0 Å². The molecule has 0 atom stereocenters. The zero-order valence-corrected chi connectivity index (χ0v) is 12.5. The number of rotatable bonds is 4. The summed E-state index contributed by atoms with van der Waals surface area (Å²) in [6.07, 6.45) is 5.12. The molecule has 4 heteroatoms. The smallest absolute Gasteiger partial charge is 0.252 e. The fraction of sp³-hybridized carbons (Fsp3) is 0.533. The Morgan fingerprint density at radius 2 is 1.95 bits per heavy atom. The van der Waals surface area contributed by atoms with E-state index in [0.717, 1.165) is 36.6 Å². The molecular weight excluding hydrogens is 306 g/mol. The number of nitrogens with one attached hydrogen (secondary N) is 1. The Labute approximate surface area is 122 Å². The van der Waals surface area contributed by atoms with Crippen LogP contribution in [0.4, 0.5) is 0 Å². The Morgan fingerprint density at radius 3 is 2.58 bits per heavy atom. The first-order valence-electron chi connectivity index (χ1n) is 6.87. The van der Waals surface area contributed by atoms with Gasteiger partial charge in [0.05, 0.1) is 5.56 Å². The molecule has 0 unspecified atom stereocenters. The van der Waals surface area contributed by atoms with Crippen LogP contribution in [-0.4, -0.2) is 23.7 Å². The second kappa shape index (κ2) is 7.06. The molecule has 2 N–H and O–H groups in total. The van der Waals surface area contributed by atoms with Gasteiger partial charge in [0.2, 0.25) is 0 Å². The summed E-state index contributed by atoms with van der Waals surface area (Å²) in [4.78, 5) is 12.2. The topological polar surface area (TPSA) is 49.3 Å². The van der Waals surface area contributed by atoms with Gasteiger partial charge in [-0.05, 0) is 66.1 Å². The van der Waals surface area contributed by atoms with Gasteiger partial charge in [0, 0.05) is 17.1 Å². The summed E-state index contributed by atoms with van der Waals surface area (Å²) < 4.78 is 0.835. The molecule has 0 spiro atoms. The lowest BCUT2D eigenvalue weighted by Crippen LogP contribution is -2.37. The highest BCUT2D eigenvalue weighted by atomic mass is 79.9. The minimum Gasteiger partial charge on any atom is -0.396 e. The Morgan fingerprint density at radius 1 is 1.26 bits per heavy atom. The first-order valence-corrected chi connectivity index (χ1v) is 7.66. The van der Waals surface area contributed by atoms with Gasteiger partial charge < -0.3 is 10.4 Å². The number of benzene rings is 1. The average Bonchev–Trinajstić information content (AvgIpc) is 2.42. The first-order chi connectivity index (χ1) is 9.20. The fourth-order valence-corrected chi connectivity index (χ4v) is 3.15. The summed E-state index contributed by atoms with van der Waals surface area (Å²) in [5.41, 5.74) is 0.694. The number of carbonyl (C=O) groups is 1. The third-order valence-corrected chi connectivity index (χ3v) is 4.53. The fourth-order valence-electron chi connectivity index (χ4n) is 2.69. The molecule has 1 aromatic carbocycles. The highest BCUT2D eigenvalue weighted by Gasteiger charge is 2.22. The summed E-state index contributed by atoms with van der Waals surface area (Å²) in [7, 11) is 0. The molecule has 0 aromatic heterocycles. The number of halogens is 1. The molecule has 104 valence electrons. The second-order valence-electron chi connectivity index (χ2n) is 5.18. The molecule has 0 bridgehead atoms. The molecule has 0 radical (unpaired) electrons. The highest BCUT2D eigenvalue weighted by molar-refractivity contribution is 9.10. The van der Waals surface area contributed by atoms with Gasteiger partial charge in [0.25, 0.3) is 5.91 Å². The predicted molar refractivity (Wildman–Crippen MR) is 79.1 cm³/mol. The Balaban J connectivity index is 1.86. The molecule has 1 aliphatic rings. The van der Waals surface area contributed by atoms with Crippen molar-refractivity contribution in [1.82, 2.24) is 5.32 Å². The molecule has 3 nitrogen and oxygen atoms in total. The minimum absolute atomic E-state index is 0.00177. The van der Waals surface area contributed by atoms with Crippen LogP contribution in [0.3, 0.4) is 0 Å². The monoisotopic (exact) mass is 325 g/mol. The maximum atomic E-state index is 12.2. The van der Waals surface area contributed by atoms with E-state index in [1.54, 1.807) is 0 Å². The van der Waals surface area contributed by atoms with E-state index in [2.05, 4.69) is 21.2 Å². The summed E-state index contributed by atoms with van der Waals surface area (Å²) >= 11 is 3.40. The molecule has 19 heavy (non-hydrogen) atoms. The summed E-state index contributed by atoms with van der Waals surface area (Å²) in [5.74, 6) is 0.625. The molecule has 0 heterocycles. The molecule has 0 aliphatic heterocycles. The van der Waals surface area contributed by atoms with Crippen molar-refractivity contribution in [2.75, 3.05) is 6.61 Å². The Kier molecular flexibility index (Phi) is 5.40. The van der Waals surface area contributed by atoms with E-state index in [-0.39, 0.29) is 18.6 Å². The lowest BCUT2D eigenvalue weighted by atomic mass is 9.84. The van der Waals surface area contributed by atoms with Crippen LogP contribution in [0.25, 0.3) is 0 Å². The Bertz CT molecular complexity index is 428. The molecule has 1 aromatic rings. The zero-order valence-electron chi connectivity index (χ0n) is 10.9. The largest absolute Gasteiger partial charge is 0.396 e. The predicted octanol–water partition coefficient (Wildman–Crippen LogP) is 3.12. The number of hydrogen-bond acceptors (Lipinski definition) is 2. The maximum absolute atomic E-state index is 12.2. The van der Waals surface area contributed by atoms with Crippen molar-refractivity contribution in [3.8, 4) is 0 Å². The van der Waals surface area contributed by atoms with Crippen LogP contribution in [0.15, 0.2) is 28.7 Å². The van der Waals surface area contributed by atoms with Crippen LogP contribution in [-0.2, 0) is 0 Å². The average molecular weight is 326 g/mol. The molecular formula is C15H20BrNO2. The van der Waals surface area contributed by atoms with Crippen LogP contribution >= 0.6 is 15.9 Å². The van der Waals surface area contributed by atoms with Crippen LogP contribution in [0.1, 0.15) is 42.5 Å². The zero-order chi connectivity index (χ0) is 13.7. The van der Waals surface area contributed by atoms with Crippen molar-refractivity contribution in [3.05, 3.63) is 34.3 Å². The molecule has 1 saturated carbocycles. The van der Waals surface area contributed by atoms with Crippen molar-refractivity contribution < 1.29 is 9.90 Å².